The van der Waals surface area contributed by atoms with Gasteiger partial charge in [0.15, 0.2) is 0 Å². The molecule has 55 heavy (non-hydrogen) atoms. The monoisotopic (exact) mass is 780 g/mol. The molecule has 0 aliphatic heterocycles. The van der Waals surface area contributed by atoms with Crippen LogP contribution in [0.3, 0.4) is 0 Å². The van der Waals surface area contributed by atoms with Gasteiger partial charge in [0, 0.05) is 6.42 Å². The van der Waals surface area contributed by atoms with Crippen LogP contribution in [0.2, 0.25) is 0 Å². The molecule has 0 spiro atoms. The Labute approximate surface area is 343 Å². The molecule has 0 aromatic carbocycles. The maximum Gasteiger partial charge on any atom is 0.306 e. The first-order valence-electron chi connectivity index (χ1n) is 24.8. The second-order valence-electron chi connectivity index (χ2n) is 17.2. The maximum atomic E-state index is 13.1. The molecule has 0 rings (SSSR count). The summed E-state index contributed by atoms with van der Waals surface area (Å²) in [4.78, 5) is 26.0. The van der Waals surface area contributed by atoms with Crippen LogP contribution in [0.4, 0.5) is 0 Å². The number of carbonyl (C=O) groups is 2. The minimum Gasteiger partial charge on any atom is -0.462 e. The highest BCUT2D eigenvalue weighted by Gasteiger charge is 2.24. The number of ether oxygens (including phenoxy) is 1. The number of unbranched alkanes of at least 4 members (excludes halogenated alkanes) is 33. The summed E-state index contributed by atoms with van der Waals surface area (Å²) in [7, 11) is 0. The van der Waals surface area contributed by atoms with Gasteiger partial charge in [-0.25, -0.2) is 0 Å². The van der Waals surface area contributed by atoms with E-state index in [1.807, 2.05) is 0 Å². The van der Waals surface area contributed by atoms with Crippen molar-refractivity contribution in [2.45, 2.75) is 296 Å². The van der Waals surface area contributed by atoms with Crippen molar-refractivity contribution in [2.24, 2.45) is 0 Å². The van der Waals surface area contributed by atoms with Crippen LogP contribution in [0, 0.1) is 0 Å². The molecular weight excluding hydrogens is 683 g/mol. The molecule has 1 amide bonds. The zero-order chi connectivity index (χ0) is 40.3. The van der Waals surface area contributed by atoms with E-state index < -0.39 is 18.2 Å². The Morgan fingerprint density at radius 3 is 1.11 bits per heavy atom. The van der Waals surface area contributed by atoms with Crippen LogP contribution in [0.25, 0.3) is 0 Å². The fraction of sp³-hybridized carbons (Fsp3) is 0.959. The van der Waals surface area contributed by atoms with Crippen LogP contribution in [0.5, 0.6) is 0 Å². The first-order valence-corrected chi connectivity index (χ1v) is 24.8. The molecule has 3 unspecified atom stereocenters. The van der Waals surface area contributed by atoms with Crippen LogP contribution in [-0.2, 0) is 14.3 Å². The number of amides is 1. The van der Waals surface area contributed by atoms with Gasteiger partial charge in [0.2, 0.25) is 5.91 Å². The topological polar surface area (TPSA) is 95.9 Å². The van der Waals surface area contributed by atoms with E-state index in [9.17, 15) is 19.8 Å². The van der Waals surface area contributed by atoms with Gasteiger partial charge >= 0.3 is 5.97 Å². The van der Waals surface area contributed by atoms with E-state index in [1.165, 1.54) is 186 Å². The summed E-state index contributed by atoms with van der Waals surface area (Å²) in [6, 6.07) is -0.691. The van der Waals surface area contributed by atoms with Crippen molar-refractivity contribution < 1.29 is 24.5 Å². The largest absolute Gasteiger partial charge is 0.462 e. The highest BCUT2D eigenvalue weighted by atomic mass is 16.5. The number of aliphatic hydroxyl groups is 2. The van der Waals surface area contributed by atoms with Crippen molar-refractivity contribution in [2.75, 3.05) is 6.61 Å². The molecule has 3 N–H and O–H groups in total. The van der Waals surface area contributed by atoms with E-state index in [0.717, 1.165) is 44.9 Å². The Balaban J connectivity index is 4.39. The van der Waals surface area contributed by atoms with Gasteiger partial charge < -0.3 is 20.3 Å². The molecule has 0 saturated carbocycles. The van der Waals surface area contributed by atoms with Gasteiger partial charge in [-0.3, -0.25) is 9.59 Å². The average Bonchev–Trinajstić information content (AvgIpc) is 3.18. The van der Waals surface area contributed by atoms with E-state index in [1.54, 1.807) is 0 Å². The summed E-state index contributed by atoms with van der Waals surface area (Å²) >= 11 is 0. The number of esters is 1. The molecule has 6 heteroatoms. The Morgan fingerprint density at radius 1 is 0.455 bits per heavy atom. The number of nitrogens with one attached hydrogen (secondary N) is 1. The second-order valence-corrected chi connectivity index (χ2v) is 17.2. The quantitative estimate of drug-likeness (QED) is 0.0422. The average molecular weight is 780 g/mol. The van der Waals surface area contributed by atoms with Crippen molar-refractivity contribution in [1.29, 1.82) is 0 Å². The molecular formula is C49H97NO5. The van der Waals surface area contributed by atoms with E-state index in [-0.39, 0.29) is 24.9 Å². The molecule has 0 aliphatic carbocycles. The summed E-state index contributed by atoms with van der Waals surface area (Å²) in [6.07, 6.45) is 45.9. The third-order valence-electron chi connectivity index (χ3n) is 11.7. The van der Waals surface area contributed by atoms with Gasteiger partial charge in [0.1, 0.15) is 6.10 Å². The lowest BCUT2D eigenvalue weighted by Gasteiger charge is -2.24. The predicted molar refractivity (Wildman–Crippen MR) is 237 cm³/mol. The highest BCUT2D eigenvalue weighted by molar-refractivity contribution is 5.77. The van der Waals surface area contributed by atoms with Gasteiger partial charge in [0.05, 0.1) is 25.2 Å². The predicted octanol–water partition coefficient (Wildman–Crippen LogP) is 14.4. The minimum atomic E-state index is -0.778. The lowest BCUT2D eigenvalue weighted by Crippen LogP contribution is -2.46. The lowest BCUT2D eigenvalue weighted by molar-refractivity contribution is -0.151. The van der Waals surface area contributed by atoms with Crippen molar-refractivity contribution in [3.05, 3.63) is 0 Å². The Kier molecular flexibility index (Phi) is 43.1. The summed E-state index contributed by atoms with van der Waals surface area (Å²) in [5.41, 5.74) is 0. The third-order valence-corrected chi connectivity index (χ3v) is 11.7. The van der Waals surface area contributed by atoms with Crippen molar-refractivity contribution >= 4 is 11.9 Å². The van der Waals surface area contributed by atoms with Crippen LogP contribution < -0.4 is 5.32 Å². The minimum absolute atomic E-state index is 0.0866. The number of rotatable bonds is 45. The van der Waals surface area contributed by atoms with Crippen molar-refractivity contribution in [3.8, 4) is 0 Å². The molecule has 0 bridgehead atoms. The normalized spacial score (nSPS) is 13.2. The van der Waals surface area contributed by atoms with Gasteiger partial charge in [-0.1, -0.05) is 239 Å². The summed E-state index contributed by atoms with van der Waals surface area (Å²) in [5, 5.41) is 23.7. The fourth-order valence-corrected chi connectivity index (χ4v) is 7.90. The lowest BCUT2D eigenvalue weighted by atomic mass is 10.0. The molecule has 0 aromatic rings. The SMILES string of the molecule is CCCCCCCCCCCCCCCCCCC(O)C(CO)NC(=O)CC(CCCCCCCCCCC)OC(=O)CCCCCCCCCCCCC. The van der Waals surface area contributed by atoms with E-state index >= 15 is 0 Å². The molecule has 0 aromatic heterocycles. The number of aliphatic hydroxyl groups excluding tert-OH is 2. The second kappa shape index (κ2) is 44.0. The Hall–Kier alpha value is -1.14. The summed E-state index contributed by atoms with van der Waals surface area (Å²) < 4.78 is 5.90. The van der Waals surface area contributed by atoms with E-state index in [2.05, 4.69) is 26.1 Å². The van der Waals surface area contributed by atoms with Crippen LogP contribution in [0.15, 0.2) is 0 Å². The molecule has 0 fully saturated rings. The van der Waals surface area contributed by atoms with E-state index in [4.69, 9.17) is 4.74 Å². The molecule has 6 nitrogen and oxygen atoms in total. The fourth-order valence-electron chi connectivity index (χ4n) is 7.90. The highest BCUT2D eigenvalue weighted by Crippen LogP contribution is 2.18. The smallest absolute Gasteiger partial charge is 0.306 e. The molecule has 0 heterocycles. The summed E-state index contributed by atoms with van der Waals surface area (Å²) in [6.45, 7) is 6.48. The standard InChI is InChI=1S/C49H97NO5/c1-4-7-10-13-16-19-21-22-23-24-25-27-29-32-35-38-41-47(52)46(44-51)50-48(53)43-45(40-37-34-31-28-18-15-12-9-6-3)55-49(54)42-39-36-33-30-26-20-17-14-11-8-5-2/h45-47,51-52H,4-44H2,1-3H3,(H,50,53). The molecule has 0 aliphatic rings. The third kappa shape index (κ3) is 39.5. The van der Waals surface area contributed by atoms with Gasteiger partial charge in [-0.2, -0.15) is 0 Å². The molecule has 0 radical (unpaired) electrons. The number of hydrogen-bond donors (Lipinski definition) is 3. The van der Waals surface area contributed by atoms with Gasteiger partial charge in [0.25, 0.3) is 0 Å². The maximum absolute atomic E-state index is 13.1. The zero-order valence-corrected chi connectivity index (χ0v) is 37.3. The van der Waals surface area contributed by atoms with Crippen LogP contribution in [0.1, 0.15) is 278 Å². The van der Waals surface area contributed by atoms with E-state index in [0.29, 0.717) is 19.3 Å². The van der Waals surface area contributed by atoms with Gasteiger partial charge in [-0.15, -0.1) is 0 Å². The van der Waals surface area contributed by atoms with Gasteiger partial charge in [-0.05, 0) is 25.7 Å². The summed E-state index contributed by atoms with van der Waals surface area (Å²) in [5.74, 6) is -0.458. The van der Waals surface area contributed by atoms with Crippen LogP contribution in [-0.4, -0.2) is 46.9 Å². The zero-order valence-electron chi connectivity index (χ0n) is 37.3. The molecule has 3 atom stereocenters. The molecule has 0 saturated heterocycles. The number of carbonyl (C=O) groups excluding carboxylic acids is 2. The first-order chi connectivity index (χ1) is 27.0. The van der Waals surface area contributed by atoms with Crippen LogP contribution >= 0.6 is 0 Å². The first kappa shape index (κ1) is 53.9. The Bertz CT molecular complexity index is 791. The number of hydrogen-bond acceptors (Lipinski definition) is 5. The Morgan fingerprint density at radius 2 is 0.764 bits per heavy atom. The van der Waals surface area contributed by atoms with Crippen molar-refractivity contribution in [1.82, 2.24) is 5.32 Å². The molecule has 328 valence electrons. The van der Waals surface area contributed by atoms with Crippen molar-refractivity contribution in [3.63, 3.8) is 0 Å².